The summed E-state index contributed by atoms with van der Waals surface area (Å²) in [6.45, 7) is 3.26. The van der Waals surface area contributed by atoms with Crippen molar-refractivity contribution >= 4 is 9.84 Å². The number of hydrogen-bond acceptors (Lipinski definition) is 3. The molecule has 0 N–H and O–H groups in total. The highest BCUT2D eigenvalue weighted by Crippen LogP contribution is 2.15. The maximum atomic E-state index is 11.3. The minimum Gasteiger partial charge on any atom is -0.299 e. The molecule has 17 heavy (non-hydrogen) atoms. The van der Waals surface area contributed by atoms with Crippen molar-refractivity contribution < 1.29 is 8.42 Å². The monoisotopic (exact) mass is 253 g/mol. The minimum atomic E-state index is -3.07. The van der Waals surface area contributed by atoms with E-state index in [0.29, 0.717) is 4.90 Å². The summed E-state index contributed by atoms with van der Waals surface area (Å²) in [5.41, 5.74) is 1.19. The number of nitrogens with zero attached hydrogens (tertiary/aromatic N) is 1. The minimum absolute atomic E-state index is 0.403. The second kappa shape index (κ2) is 5.19. The van der Waals surface area contributed by atoms with Crippen molar-refractivity contribution in [3.63, 3.8) is 0 Å². The van der Waals surface area contributed by atoms with Crippen molar-refractivity contribution in [2.24, 2.45) is 0 Å². The van der Waals surface area contributed by atoms with Crippen LogP contribution < -0.4 is 0 Å². The first-order valence-electron chi connectivity index (χ1n) is 6.07. The summed E-state index contributed by atoms with van der Waals surface area (Å²) in [4.78, 5) is 2.83. The molecule has 0 unspecified atom stereocenters. The van der Waals surface area contributed by atoms with Gasteiger partial charge in [-0.1, -0.05) is 18.6 Å². The fourth-order valence-corrected chi connectivity index (χ4v) is 2.85. The fourth-order valence-electron chi connectivity index (χ4n) is 2.22. The molecule has 1 fully saturated rings. The topological polar surface area (TPSA) is 37.4 Å². The van der Waals surface area contributed by atoms with E-state index in [2.05, 4.69) is 4.90 Å². The van der Waals surface area contributed by atoms with Crippen LogP contribution in [-0.2, 0) is 16.4 Å². The molecule has 0 amide bonds. The third-order valence-corrected chi connectivity index (χ3v) is 4.33. The number of rotatable bonds is 3. The van der Waals surface area contributed by atoms with Gasteiger partial charge in [0.15, 0.2) is 9.84 Å². The number of hydrogen-bond donors (Lipinski definition) is 0. The average molecular weight is 253 g/mol. The molecule has 0 atom stereocenters. The van der Waals surface area contributed by atoms with Crippen molar-refractivity contribution in [2.75, 3.05) is 19.3 Å². The molecule has 1 saturated heterocycles. The van der Waals surface area contributed by atoms with Crippen LogP contribution in [0.1, 0.15) is 24.8 Å². The van der Waals surface area contributed by atoms with Gasteiger partial charge in [0.2, 0.25) is 0 Å². The molecule has 1 heterocycles. The lowest BCUT2D eigenvalue weighted by molar-refractivity contribution is 0.221. The van der Waals surface area contributed by atoms with Gasteiger partial charge in [0.1, 0.15) is 0 Å². The number of sulfone groups is 1. The first-order valence-corrected chi connectivity index (χ1v) is 7.96. The van der Waals surface area contributed by atoms with E-state index in [9.17, 15) is 8.42 Å². The Balaban J connectivity index is 2.03. The molecular weight excluding hydrogens is 234 g/mol. The predicted molar refractivity (Wildman–Crippen MR) is 68.7 cm³/mol. The smallest absolute Gasteiger partial charge is 0.175 e. The SMILES string of the molecule is CS(=O)(=O)c1ccc(CN2CCCCC2)cc1. The Kier molecular flexibility index (Phi) is 3.84. The van der Waals surface area contributed by atoms with E-state index in [1.807, 2.05) is 12.1 Å². The van der Waals surface area contributed by atoms with E-state index in [-0.39, 0.29) is 0 Å². The van der Waals surface area contributed by atoms with Gasteiger partial charge in [-0.2, -0.15) is 0 Å². The van der Waals surface area contributed by atoms with E-state index < -0.39 is 9.84 Å². The molecule has 2 rings (SSSR count). The zero-order chi connectivity index (χ0) is 12.3. The zero-order valence-corrected chi connectivity index (χ0v) is 11.0. The van der Waals surface area contributed by atoms with Gasteiger partial charge in [0, 0.05) is 12.8 Å². The Labute approximate surface area is 103 Å². The van der Waals surface area contributed by atoms with Crippen molar-refractivity contribution in [3.05, 3.63) is 29.8 Å². The first kappa shape index (κ1) is 12.6. The molecule has 0 saturated carbocycles. The van der Waals surface area contributed by atoms with Gasteiger partial charge in [0.25, 0.3) is 0 Å². The molecule has 1 aliphatic rings. The number of piperidine rings is 1. The van der Waals surface area contributed by atoms with Crippen LogP contribution in [0.2, 0.25) is 0 Å². The summed E-state index contributed by atoms with van der Waals surface area (Å²) < 4.78 is 22.6. The van der Waals surface area contributed by atoms with Gasteiger partial charge in [-0.05, 0) is 43.6 Å². The van der Waals surface area contributed by atoms with Crippen LogP contribution >= 0.6 is 0 Å². The predicted octanol–water partition coefficient (Wildman–Crippen LogP) is 2.08. The van der Waals surface area contributed by atoms with Crippen LogP contribution in [0.15, 0.2) is 29.2 Å². The summed E-state index contributed by atoms with van der Waals surface area (Å²) in [7, 11) is -3.07. The molecule has 1 aromatic carbocycles. The molecule has 1 aromatic rings. The van der Waals surface area contributed by atoms with Crippen LogP contribution in [0.25, 0.3) is 0 Å². The molecule has 1 aliphatic heterocycles. The largest absolute Gasteiger partial charge is 0.299 e. The van der Waals surface area contributed by atoms with Gasteiger partial charge in [-0.15, -0.1) is 0 Å². The van der Waals surface area contributed by atoms with Gasteiger partial charge in [-0.3, -0.25) is 4.90 Å². The molecular formula is C13H19NO2S. The number of likely N-dealkylation sites (tertiary alicyclic amines) is 1. The molecule has 0 radical (unpaired) electrons. The van der Waals surface area contributed by atoms with Gasteiger partial charge in [-0.25, -0.2) is 8.42 Å². The van der Waals surface area contributed by atoms with Crippen molar-refractivity contribution in [1.82, 2.24) is 4.90 Å². The molecule has 4 heteroatoms. The van der Waals surface area contributed by atoms with Gasteiger partial charge < -0.3 is 0 Å². The molecule has 0 aliphatic carbocycles. The van der Waals surface area contributed by atoms with Crippen molar-refractivity contribution in [3.8, 4) is 0 Å². The van der Waals surface area contributed by atoms with Crippen LogP contribution in [0.3, 0.4) is 0 Å². The van der Waals surface area contributed by atoms with Crippen molar-refractivity contribution in [2.45, 2.75) is 30.7 Å². The Hall–Kier alpha value is -0.870. The molecule has 0 bridgehead atoms. The van der Waals surface area contributed by atoms with Crippen LogP contribution in [-0.4, -0.2) is 32.7 Å². The summed E-state index contributed by atoms with van der Waals surface area (Å²) in [5.74, 6) is 0. The average Bonchev–Trinajstić information content (AvgIpc) is 2.30. The second-order valence-corrected chi connectivity index (χ2v) is 6.77. The third kappa shape index (κ3) is 3.54. The summed E-state index contributed by atoms with van der Waals surface area (Å²) in [6.07, 6.45) is 5.14. The Morgan fingerprint density at radius 2 is 1.65 bits per heavy atom. The maximum Gasteiger partial charge on any atom is 0.175 e. The molecule has 94 valence electrons. The van der Waals surface area contributed by atoms with Gasteiger partial charge in [0.05, 0.1) is 4.90 Å². The van der Waals surface area contributed by atoms with E-state index >= 15 is 0 Å². The first-order chi connectivity index (χ1) is 8.05. The van der Waals surface area contributed by atoms with E-state index in [1.54, 1.807) is 12.1 Å². The highest BCUT2D eigenvalue weighted by atomic mass is 32.2. The Bertz CT molecular complexity index is 459. The molecule has 3 nitrogen and oxygen atoms in total. The van der Waals surface area contributed by atoms with E-state index in [0.717, 1.165) is 19.6 Å². The second-order valence-electron chi connectivity index (χ2n) is 4.75. The number of benzene rings is 1. The van der Waals surface area contributed by atoms with Crippen LogP contribution in [0.5, 0.6) is 0 Å². The summed E-state index contributed by atoms with van der Waals surface area (Å²) >= 11 is 0. The quantitative estimate of drug-likeness (QED) is 0.827. The van der Waals surface area contributed by atoms with Crippen LogP contribution in [0.4, 0.5) is 0 Å². The molecule has 0 aromatic heterocycles. The normalized spacial score (nSPS) is 18.2. The third-order valence-electron chi connectivity index (χ3n) is 3.21. The van der Waals surface area contributed by atoms with Gasteiger partial charge >= 0.3 is 0 Å². The summed E-state index contributed by atoms with van der Waals surface area (Å²) in [6, 6.07) is 7.25. The Morgan fingerprint density at radius 3 is 2.18 bits per heavy atom. The molecule has 0 spiro atoms. The zero-order valence-electron chi connectivity index (χ0n) is 10.2. The van der Waals surface area contributed by atoms with Crippen LogP contribution in [0, 0.1) is 0 Å². The van der Waals surface area contributed by atoms with E-state index in [1.165, 1.54) is 31.1 Å². The lowest BCUT2D eigenvalue weighted by Crippen LogP contribution is -2.29. The highest BCUT2D eigenvalue weighted by Gasteiger charge is 2.11. The van der Waals surface area contributed by atoms with E-state index in [4.69, 9.17) is 0 Å². The standard InChI is InChI=1S/C13H19NO2S/c1-17(15,16)13-7-5-12(6-8-13)11-14-9-3-2-4-10-14/h5-8H,2-4,9-11H2,1H3. The fraction of sp³-hybridized carbons (Fsp3) is 0.538. The lowest BCUT2D eigenvalue weighted by Gasteiger charge is -2.26. The Morgan fingerprint density at radius 1 is 1.06 bits per heavy atom. The highest BCUT2D eigenvalue weighted by molar-refractivity contribution is 7.90. The van der Waals surface area contributed by atoms with Crippen molar-refractivity contribution in [1.29, 1.82) is 0 Å². The maximum absolute atomic E-state index is 11.3. The summed E-state index contributed by atoms with van der Waals surface area (Å²) in [5, 5.41) is 0. The lowest BCUT2D eigenvalue weighted by atomic mass is 10.1.